The maximum Gasteiger partial charge on any atom is 0.499 e. The average Bonchev–Trinajstić information content (AvgIpc) is 3.19. The minimum atomic E-state index is -5.84. The van der Waals surface area contributed by atoms with Crippen LogP contribution in [0, 0.1) is 10.1 Å². The van der Waals surface area contributed by atoms with Crippen molar-refractivity contribution < 1.29 is 31.6 Å². The van der Waals surface area contributed by atoms with Gasteiger partial charge in [-0.2, -0.15) is 22.0 Å². The molecule has 0 bridgehead atoms. The van der Waals surface area contributed by atoms with Crippen LogP contribution in [0.3, 0.4) is 0 Å². The molecule has 0 aliphatic carbocycles. The highest BCUT2D eigenvalue weighted by molar-refractivity contribution is 5.57. The van der Waals surface area contributed by atoms with Gasteiger partial charge in [0, 0.05) is 17.7 Å². The minimum absolute atomic E-state index is 0.102. The van der Waals surface area contributed by atoms with Crippen molar-refractivity contribution >= 4 is 5.69 Å². The highest BCUT2D eigenvalue weighted by Gasteiger charge is 2.61. The molecule has 2 aromatic carbocycles. The zero-order valence-electron chi connectivity index (χ0n) is 15.6. The van der Waals surface area contributed by atoms with Gasteiger partial charge in [-0.15, -0.1) is 5.10 Å². The predicted octanol–water partition coefficient (Wildman–Crippen LogP) is 5.40. The van der Waals surface area contributed by atoms with E-state index in [-0.39, 0.29) is 11.5 Å². The van der Waals surface area contributed by atoms with E-state index < -0.39 is 23.0 Å². The van der Waals surface area contributed by atoms with Gasteiger partial charge in [0.15, 0.2) is 5.82 Å². The summed E-state index contributed by atoms with van der Waals surface area (Å²) in [6.45, 7) is 4.00. The molecule has 0 atom stereocenters. The summed E-state index contributed by atoms with van der Waals surface area (Å²) >= 11 is 0. The molecule has 12 heteroatoms. The first-order chi connectivity index (χ1) is 14.1. The third-order valence-electron chi connectivity index (χ3n) is 3.51. The third-order valence-corrected chi connectivity index (χ3v) is 3.51. The van der Waals surface area contributed by atoms with Crippen LogP contribution in [0.2, 0.25) is 0 Å². The van der Waals surface area contributed by atoms with Crippen LogP contribution < -0.4 is 4.74 Å². The maximum absolute atomic E-state index is 12.9. The first-order valence-corrected chi connectivity index (χ1v) is 8.47. The molecule has 3 aromatic rings. The zero-order chi connectivity index (χ0) is 22.5. The number of non-ortho nitro benzene ring substituents is 1. The smallest absolute Gasteiger partial charge is 0.426 e. The molecule has 160 valence electrons. The molecule has 0 unspecified atom stereocenters. The van der Waals surface area contributed by atoms with Gasteiger partial charge in [0.2, 0.25) is 0 Å². The van der Waals surface area contributed by atoms with Crippen molar-refractivity contribution in [2.75, 3.05) is 0 Å². The number of halogens is 5. The van der Waals surface area contributed by atoms with Gasteiger partial charge < -0.3 is 4.74 Å². The quantitative estimate of drug-likeness (QED) is 0.307. The van der Waals surface area contributed by atoms with E-state index in [9.17, 15) is 32.1 Å². The number of nitrogens with zero attached hydrogens (tertiary/aromatic N) is 4. The molecular weight excluding hydrogens is 415 g/mol. The molecule has 0 saturated heterocycles. The van der Waals surface area contributed by atoms with Gasteiger partial charge in [-0.25, -0.2) is 9.67 Å². The van der Waals surface area contributed by atoms with Crippen LogP contribution in [0.4, 0.5) is 27.6 Å². The van der Waals surface area contributed by atoms with E-state index in [2.05, 4.69) is 14.8 Å². The normalized spacial score (nSPS) is 11.4. The summed E-state index contributed by atoms with van der Waals surface area (Å²) in [5.74, 6) is -0.444. The maximum atomic E-state index is 12.9. The molecule has 0 spiro atoms. The Morgan fingerprint density at radius 3 is 2.03 bits per heavy atom. The number of nitro groups is 1. The average molecular weight is 430 g/mol. The Balaban J connectivity index is 0.00000155. The lowest BCUT2D eigenvalue weighted by Gasteiger charge is -2.20. The number of hydrogen-bond acceptors (Lipinski definition) is 5. The fraction of sp³-hybridized carbons (Fsp3) is 0.222. The van der Waals surface area contributed by atoms with E-state index in [1.54, 1.807) is 0 Å². The summed E-state index contributed by atoms with van der Waals surface area (Å²) in [6, 6.07) is 9.77. The van der Waals surface area contributed by atoms with E-state index in [1.165, 1.54) is 47.4 Å². The Morgan fingerprint density at radius 2 is 1.53 bits per heavy atom. The van der Waals surface area contributed by atoms with Crippen molar-refractivity contribution in [3.63, 3.8) is 0 Å². The number of aromatic nitrogens is 3. The van der Waals surface area contributed by atoms with Crippen molar-refractivity contribution in [2.45, 2.75) is 26.1 Å². The molecule has 0 radical (unpaired) electrons. The largest absolute Gasteiger partial charge is 0.499 e. The second-order valence-electron chi connectivity index (χ2n) is 5.43. The SMILES string of the molecule is CC.O=[N+]([O-])c1ccc(-c2ncn(-c3ccc(OC(F)(F)C(F)(F)F)cc3)n2)cc1. The molecule has 1 heterocycles. The second kappa shape index (κ2) is 8.84. The molecule has 0 amide bonds. The third kappa shape index (κ3) is 5.07. The van der Waals surface area contributed by atoms with E-state index in [1.807, 2.05) is 13.8 Å². The molecule has 0 saturated carbocycles. The van der Waals surface area contributed by atoms with Gasteiger partial charge in [-0.05, 0) is 36.4 Å². The molecule has 0 aliphatic heterocycles. The van der Waals surface area contributed by atoms with E-state index in [0.717, 1.165) is 12.1 Å². The molecule has 0 N–H and O–H groups in total. The van der Waals surface area contributed by atoms with Crippen LogP contribution in [0.5, 0.6) is 5.75 Å². The standard InChI is InChI=1S/C16H9F5N4O3.C2H6/c17-15(18,19)16(20,21)28-13-7-5-11(6-8-13)24-9-22-14(23-24)10-1-3-12(4-2-10)25(26)27;1-2/h1-9H;1-2H3. The topological polar surface area (TPSA) is 83.1 Å². The fourth-order valence-corrected chi connectivity index (χ4v) is 2.12. The minimum Gasteiger partial charge on any atom is -0.426 e. The highest BCUT2D eigenvalue weighted by atomic mass is 19.4. The number of alkyl halides is 5. The van der Waals surface area contributed by atoms with Gasteiger partial charge in [0.25, 0.3) is 5.69 Å². The Hall–Kier alpha value is -3.57. The molecule has 0 fully saturated rings. The Bertz CT molecular complexity index is 986. The summed E-state index contributed by atoms with van der Waals surface area (Å²) < 4.78 is 67.2. The first-order valence-electron chi connectivity index (χ1n) is 8.47. The van der Waals surface area contributed by atoms with Crippen LogP contribution in [0.15, 0.2) is 54.9 Å². The Kier molecular flexibility index (Phi) is 6.70. The number of ether oxygens (including phenoxy) is 1. The van der Waals surface area contributed by atoms with Gasteiger partial charge in [0.1, 0.15) is 12.1 Å². The van der Waals surface area contributed by atoms with Crippen molar-refractivity contribution in [1.29, 1.82) is 0 Å². The lowest BCUT2D eigenvalue weighted by Crippen LogP contribution is -2.41. The molecule has 0 aliphatic rings. The number of nitro benzene ring substituents is 1. The second-order valence-corrected chi connectivity index (χ2v) is 5.43. The summed E-state index contributed by atoms with van der Waals surface area (Å²) in [5.41, 5.74) is 0.715. The summed E-state index contributed by atoms with van der Waals surface area (Å²) in [4.78, 5) is 14.1. The number of hydrogen-bond donors (Lipinski definition) is 0. The number of rotatable bonds is 5. The van der Waals surface area contributed by atoms with Crippen LogP contribution in [0.1, 0.15) is 13.8 Å². The fourth-order valence-electron chi connectivity index (χ4n) is 2.12. The molecule has 7 nitrogen and oxygen atoms in total. The van der Waals surface area contributed by atoms with E-state index in [4.69, 9.17) is 0 Å². The van der Waals surface area contributed by atoms with Gasteiger partial charge in [0.05, 0.1) is 10.6 Å². The lowest BCUT2D eigenvalue weighted by atomic mass is 10.2. The lowest BCUT2D eigenvalue weighted by molar-refractivity contribution is -0.384. The van der Waals surface area contributed by atoms with Crippen LogP contribution in [0.25, 0.3) is 17.1 Å². The molecular formula is C18H15F5N4O3. The summed E-state index contributed by atoms with van der Waals surface area (Å²) in [6.07, 6.45) is -9.86. The first kappa shape index (κ1) is 22.7. The molecule has 30 heavy (non-hydrogen) atoms. The zero-order valence-corrected chi connectivity index (χ0v) is 15.6. The van der Waals surface area contributed by atoms with Crippen molar-refractivity contribution in [2.24, 2.45) is 0 Å². The Morgan fingerprint density at radius 1 is 0.967 bits per heavy atom. The van der Waals surface area contributed by atoms with Gasteiger partial charge in [-0.1, -0.05) is 13.8 Å². The van der Waals surface area contributed by atoms with Crippen molar-refractivity contribution in [1.82, 2.24) is 14.8 Å². The monoisotopic (exact) mass is 430 g/mol. The van der Waals surface area contributed by atoms with E-state index >= 15 is 0 Å². The highest BCUT2D eigenvalue weighted by Crippen LogP contribution is 2.37. The van der Waals surface area contributed by atoms with Gasteiger partial charge in [-0.3, -0.25) is 10.1 Å². The van der Waals surface area contributed by atoms with E-state index in [0.29, 0.717) is 11.3 Å². The van der Waals surface area contributed by atoms with Crippen LogP contribution in [-0.4, -0.2) is 32.0 Å². The van der Waals surface area contributed by atoms with Crippen molar-refractivity contribution in [3.8, 4) is 22.8 Å². The van der Waals surface area contributed by atoms with Crippen LogP contribution in [-0.2, 0) is 0 Å². The summed E-state index contributed by atoms with van der Waals surface area (Å²) in [5, 5.41) is 14.8. The summed E-state index contributed by atoms with van der Waals surface area (Å²) in [7, 11) is 0. The number of benzene rings is 2. The molecule has 3 rings (SSSR count). The van der Waals surface area contributed by atoms with Crippen LogP contribution >= 0.6 is 0 Å². The predicted molar refractivity (Wildman–Crippen MR) is 96.4 cm³/mol. The Labute approximate surface area is 166 Å². The van der Waals surface area contributed by atoms with Crippen molar-refractivity contribution in [3.05, 3.63) is 65.0 Å². The molecule has 1 aromatic heterocycles. The van der Waals surface area contributed by atoms with Gasteiger partial charge >= 0.3 is 12.3 Å².